The first-order chi connectivity index (χ1) is 12.2. The molecule has 1 amide bonds. The Labute approximate surface area is 145 Å². The topological polar surface area (TPSA) is 75.6 Å². The lowest BCUT2D eigenvalue weighted by molar-refractivity contribution is -0.132. The third-order valence-electron chi connectivity index (χ3n) is 4.55. The van der Waals surface area contributed by atoms with E-state index in [2.05, 4.69) is 15.2 Å². The van der Waals surface area contributed by atoms with E-state index in [9.17, 15) is 4.79 Å². The molecule has 0 aliphatic carbocycles. The zero-order chi connectivity index (χ0) is 17.2. The lowest BCUT2D eigenvalue weighted by atomic mass is 10.1. The highest BCUT2D eigenvalue weighted by molar-refractivity contribution is 5.86. The number of rotatable bonds is 4. The summed E-state index contributed by atoms with van der Waals surface area (Å²) >= 11 is 0. The maximum Gasteiger partial charge on any atom is 0.228 e. The minimum Gasteiger partial charge on any atom is -0.360 e. The Hall–Kier alpha value is -2.67. The molecule has 2 aromatic heterocycles. The molecule has 0 spiro atoms. The van der Waals surface area contributed by atoms with E-state index in [0.717, 1.165) is 42.1 Å². The largest absolute Gasteiger partial charge is 0.360 e. The van der Waals surface area contributed by atoms with E-state index < -0.39 is 0 Å². The van der Waals surface area contributed by atoms with Crippen molar-refractivity contribution < 1.29 is 13.8 Å². The van der Waals surface area contributed by atoms with Crippen LogP contribution >= 0.6 is 0 Å². The molecule has 0 saturated carbocycles. The van der Waals surface area contributed by atoms with Crippen LogP contribution in [0.5, 0.6) is 0 Å². The minimum absolute atomic E-state index is 0.0919. The number of fused-ring (bicyclic) bond motifs is 1. The number of piperazine rings is 1. The van der Waals surface area contributed by atoms with Crippen LogP contribution in [0.1, 0.15) is 17.1 Å². The number of para-hydroxylation sites is 1. The Morgan fingerprint density at radius 1 is 1.12 bits per heavy atom. The lowest BCUT2D eigenvalue weighted by Crippen LogP contribution is -2.48. The maximum absolute atomic E-state index is 12.6. The Kier molecular flexibility index (Phi) is 4.23. The van der Waals surface area contributed by atoms with Crippen molar-refractivity contribution in [1.29, 1.82) is 0 Å². The highest BCUT2D eigenvalue weighted by Gasteiger charge is 2.23. The van der Waals surface area contributed by atoms with E-state index in [-0.39, 0.29) is 12.3 Å². The van der Waals surface area contributed by atoms with Crippen molar-refractivity contribution in [2.75, 3.05) is 26.2 Å². The molecule has 4 rings (SSSR count). The molecule has 7 nitrogen and oxygen atoms in total. The number of amides is 1. The van der Waals surface area contributed by atoms with E-state index >= 15 is 0 Å². The van der Waals surface area contributed by atoms with Gasteiger partial charge >= 0.3 is 0 Å². The smallest absolute Gasteiger partial charge is 0.228 e. The molecule has 1 fully saturated rings. The fourth-order valence-electron chi connectivity index (χ4n) is 3.19. The van der Waals surface area contributed by atoms with Crippen LogP contribution in [0.15, 0.2) is 39.4 Å². The van der Waals surface area contributed by atoms with Crippen LogP contribution in [0.4, 0.5) is 0 Å². The van der Waals surface area contributed by atoms with E-state index in [4.69, 9.17) is 9.05 Å². The summed E-state index contributed by atoms with van der Waals surface area (Å²) in [6.45, 7) is 5.72. The van der Waals surface area contributed by atoms with E-state index in [1.54, 1.807) is 0 Å². The van der Waals surface area contributed by atoms with Crippen molar-refractivity contribution in [2.24, 2.45) is 0 Å². The van der Waals surface area contributed by atoms with Gasteiger partial charge in [-0.1, -0.05) is 22.4 Å². The van der Waals surface area contributed by atoms with Crippen LogP contribution in [0, 0.1) is 6.92 Å². The zero-order valence-corrected chi connectivity index (χ0v) is 14.1. The summed E-state index contributed by atoms with van der Waals surface area (Å²) in [5.74, 6) is 0.959. The highest BCUT2D eigenvalue weighted by atomic mass is 16.5. The van der Waals surface area contributed by atoms with E-state index in [1.165, 1.54) is 0 Å². The van der Waals surface area contributed by atoms with Gasteiger partial charge in [0, 0.05) is 37.6 Å². The number of benzene rings is 1. The molecule has 25 heavy (non-hydrogen) atoms. The summed E-state index contributed by atoms with van der Waals surface area (Å²) in [6, 6.07) is 9.57. The highest BCUT2D eigenvalue weighted by Crippen LogP contribution is 2.19. The van der Waals surface area contributed by atoms with Crippen LogP contribution in [0.3, 0.4) is 0 Å². The van der Waals surface area contributed by atoms with Gasteiger partial charge in [0.2, 0.25) is 5.91 Å². The van der Waals surface area contributed by atoms with Gasteiger partial charge in [-0.15, -0.1) is 0 Å². The van der Waals surface area contributed by atoms with Crippen molar-refractivity contribution in [3.8, 4) is 0 Å². The second-order valence-corrected chi connectivity index (χ2v) is 6.39. The molecule has 0 atom stereocenters. The molecule has 7 heteroatoms. The van der Waals surface area contributed by atoms with Crippen molar-refractivity contribution in [3.63, 3.8) is 0 Å². The van der Waals surface area contributed by atoms with Gasteiger partial charge in [0.25, 0.3) is 0 Å². The molecule has 1 aliphatic rings. The number of nitrogens with zero attached hydrogens (tertiary/aromatic N) is 4. The molecule has 1 aliphatic heterocycles. The van der Waals surface area contributed by atoms with Gasteiger partial charge in [0.05, 0.1) is 18.7 Å². The number of aromatic nitrogens is 2. The van der Waals surface area contributed by atoms with Crippen molar-refractivity contribution >= 4 is 16.9 Å². The zero-order valence-electron chi connectivity index (χ0n) is 14.1. The molecule has 3 aromatic rings. The number of hydrogen-bond donors (Lipinski definition) is 0. The number of aryl methyl sites for hydroxylation is 1. The van der Waals surface area contributed by atoms with Gasteiger partial charge in [-0.05, 0) is 19.1 Å². The summed E-state index contributed by atoms with van der Waals surface area (Å²) in [6.07, 6.45) is 0.276. The summed E-state index contributed by atoms with van der Waals surface area (Å²) in [5, 5.41) is 8.87. The van der Waals surface area contributed by atoms with Gasteiger partial charge in [0.1, 0.15) is 5.69 Å². The molecular formula is C18H20N4O3. The van der Waals surface area contributed by atoms with Gasteiger partial charge in [0.15, 0.2) is 11.3 Å². The van der Waals surface area contributed by atoms with Gasteiger partial charge < -0.3 is 13.9 Å². The van der Waals surface area contributed by atoms with Gasteiger partial charge in [-0.25, -0.2) is 0 Å². The average molecular weight is 340 g/mol. The monoisotopic (exact) mass is 340 g/mol. The van der Waals surface area contributed by atoms with Crippen molar-refractivity contribution in [2.45, 2.75) is 19.9 Å². The molecule has 1 saturated heterocycles. The predicted octanol–water partition coefficient (Wildman–Crippen LogP) is 2.01. The standard InChI is InChI=1S/C18H20N4O3/c1-13-10-14(24-19-13)12-21-6-8-22(9-7-21)18(23)11-16-15-4-2-3-5-17(15)25-20-16/h2-5,10H,6-9,11-12H2,1H3. The normalized spacial score (nSPS) is 15.8. The first kappa shape index (κ1) is 15.8. The Bertz CT molecular complexity index is 877. The van der Waals surface area contributed by atoms with Crippen molar-refractivity contribution in [1.82, 2.24) is 20.1 Å². The molecule has 1 aromatic carbocycles. The third-order valence-corrected chi connectivity index (χ3v) is 4.55. The molecule has 0 radical (unpaired) electrons. The average Bonchev–Trinajstić information content (AvgIpc) is 3.22. The molecular weight excluding hydrogens is 320 g/mol. The fourth-order valence-corrected chi connectivity index (χ4v) is 3.19. The first-order valence-corrected chi connectivity index (χ1v) is 8.44. The summed E-state index contributed by atoms with van der Waals surface area (Å²) < 4.78 is 10.5. The van der Waals surface area contributed by atoms with Crippen LogP contribution in [-0.4, -0.2) is 52.2 Å². The Morgan fingerprint density at radius 3 is 2.68 bits per heavy atom. The van der Waals surface area contributed by atoms with Crippen molar-refractivity contribution in [3.05, 3.63) is 47.5 Å². The third kappa shape index (κ3) is 3.41. The van der Waals surface area contributed by atoms with E-state index in [0.29, 0.717) is 18.8 Å². The second-order valence-electron chi connectivity index (χ2n) is 6.39. The van der Waals surface area contributed by atoms with Crippen LogP contribution in [-0.2, 0) is 17.8 Å². The molecule has 130 valence electrons. The molecule has 0 N–H and O–H groups in total. The predicted molar refractivity (Wildman–Crippen MR) is 90.8 cm³/mol. The van der Waals surface area contributed by atoms with Gasteiger partial charge in [-0.2, -0.15) is 0 Å². The summed E-state index contributed by atoms with van der Waals surface area (Å²) in [4.78, 5) is 16.7. The molecule has 0 bridgehead atoms. The molecule has 3 heterocycles. The molecule has 0 unspecified atom stereocenters. The quantitative estimate of drug-likeness (QED) is 0.723. The Balaban J connectivity index is 1.33. The second kappa shape index (κ2) is 6.68. The SMILES string of the molecule is Cc1cc(CN2CCN(C(=O)Cc3noc4ccccc34)CC2)on1. The van der Waals surface area contributed by atoms with Gasteiger partial charge in [-0.3, -0.25) is 9.69 Å². The number of hydrogen-bond acceptors (Lipinski definition) is 6. The Morgan fingerprint density at radius 2 is 1.92 bits per heavy atom. The summed E-state index contributed by atoms with van der Waals surface area (Å²) in [5.41, 5.74) is 2.32. The summed E-state index contributed by atoms with van der Waals surface area (Å²) in [7, 11) is 0. The minimum atomic E-state index is 0.0919. The first-order valence-electron chi connectivity index (χ1n) is 8.44. The van der Waals surface area contributed by atoms with Crippen LogP contribution in [0.25, 0.3) is 11.0 Å². The number of carbonyl (C=O) groups is 1. The lowest BCUT2D eigenvalue weighted by Gasteiger charge is -2.34. The van der Waals surface area contributed by atoms with Crippen LogP contribution in [0.2, 0.25) is 0 Å². The van der Waals surface area contributed by atoms with Crippen LogP contribution < -0.4 is 0 Å². The maximum atomic E-state index is 12.6. The fraction of sp³-hybridized carbons (Fsp3) is 0.389. The number of carbonyl (C=O) groups excluding carboxylic acids is 1. The van der Waals surface area contributed by atoms with E-state index in [1.807, 2.05) is 42.2 Å².